The topological polar surface area (TPSA) is 40.5 Å². The van der Waals surface area contributed by atoms with Crippen LogP contribution in [0.25, 0.3) is 0 Å². The maximum atomic E-state index is 12.5. The second-order valence-corrected chi connectivity index (χ2v) is 5.48. The quantitative estimate of drug-likeness (QED) is 0.846. The van der Waals surface area contributed by atoms with Crippen molar-refractivity contribution in [1.82, 2.24) is 4.90 Å². The number of carbonyl (C=O) groups excluding carboxylic acids is 1. The first-order valence-electron chi connectivity index (χ1n) is 7.11. The summed E-state index contributed by atoms with van der Waals surface area (Å²) in [7, 11) is 0. The van der Waals surface area contributed by atoms with Gasteiger partial charge in [-0.3, -0.25) is 9.69 Å². The Kier molecular flexibility index (Phi) is 4.72. The van der Waals surface area contributed by atoms with Gasteiger partial charge in [-0.2, -0.15) is 0 Å². The molecule has 19 heavy (non-hydrogen) atoms. The highest BCUT2D eigenvalue weighted by atomic mass is 16.3. The molecule has 0 aliphatic carbocycles. The van der Waals surface area contributed by atoms with Gasteiger partial charge in [0, 0.05) is 11.6 Å². The predicted octanol–water partition coefficient (Wildman–Crippen LogP) is 2.41. The van der Waals surface area contributed by atoms with Crippen molar-refractivity contribution in [3.05, 3.63) is 35.4 Å². The number of carbonyl (C=O) groups is 1. The minimum absolute atomic E-state index is 0.137. The van der Waals surface area contributed by atoms with Crippen molar-refractivity contribution in [3.63, 3.8) is 0 Å². The minimum Gasteiger partial charge on any atom is -0.395 e. The molecule has 1 aliphatic heterocycles. The highest BCUT2D eigenvalue weighted by Gasteiger charge is 2.30. The zero-order valence-corrected chi connectivity index (χ0v) is 11.8. The van der Waals surface area contributed by atoms with E-state index in [2.05, 4.69) is 4.90 Å². The molecule has 1 heterocycles. The molecule has 0 bridgehead atoms. The number of hydrogen-bond donors (Lipinski definition) is 1. The summed E-state index contributed by atoms with van der Waals surface area (Å²) < 4.78 is 0. The molecular weight excluding hydrogens is 238 g/mol. The van der Waals surface area contributed by atoms with E-state index in [1.54, 1.807) is 0 Å². The Morgan fingerprint density at radius 1 is 1.37 bits per heavy atom. The number of hydrogen-bond acceptors (Lipinski definition) is 3. The summed E-state index contributed by atoms with van der Waals surface area (Å²) in [4.78, 5) is 14.7. The highest BCUT2D eigenvalue weighted by molar-refractivity contribution is 5.99. The number of likely N-dealkylation sites (tertiary alicyclic amines) is 1. The first-order valence-corrected chi connectivity index (χ1v) is 7.11. The van der Waals surface area contributed by atoms with Crippen LogP contribution in [0, 0.1) is 6.92 Å². The van der Waals surface area contributed by atoms with Crippen molar-refractivity contribution in [2.75, 3.05) is 13.2 Å². The van der Waals surface area contributed by atoms with E-state index in [9.17, 15) is 9.90 Å². The van der Waals surface area contributed by atoms with E-state index < -0.39 is 0 Å². The number of ketones is 1. The third-order valence-electron chi connectivity index (χ3n) is 4.10. The third-order valence-corrected chi connectivity index (χ3v) is 4.10. The smallest absolute Gasteiger partial charge is 0.179 e. The monoisotopic (exact) mass is 261 g/mol. The highest BCUT2D eigenvalue weighted by Crippen LogP contribution is 2.21. The number of aliphatic hydroxyl groups excluding tert-OH is 1. The average Bonchev–Trinajstić information content (AvgIpc) is 2.46. The molecule has 1 aromatic rings. The second-order valence-electron chi connectivity index (χ2n) is 5.48. The van der Waals surface area contributed by atoms with E-state index in [-0.39, 0.29) is 24.5 Å². The van der Waals surface area contributed by atoms with Crippen LogP contribution in [0.5, 0.6) is 0 Å². The fraction of sp³-hybridized carbons (Fsp3) is 0.562. The number of Topliss-reactive ketones (excluding diaryl/α,β-unsaturated/α-hetero) is 1. The number of aryl methyl sites for hydroxylation is 1. The maximum Gasteiger partial charge on any atom is 0.179 e. The van der Waals surface area contributed by atoms with Crippen LogP contribution in [0.2, 0.25) is 0 Å². The Morgan fingerprint density at radius 2 is 2.05 bits per heavy atom. The molecule has 1 N–H and O–H groups in total. The van der Waals surface area contributed by atoms with Gasteiger partial charge in [0.25, 0.3) is 0 Å². The molecule has 0 radical (unpaired) electrons. The van der Waals surface area contributed by atoms with Crippen LogP contribution in [-0.4, -0.2) is 41.0 Å². The van der Waals surface area contributed by atoms with Crippen molar-refractivity contribution >= 4 is 5.78 Å². The van der Waals surface area contributed by atoms with Crippen LogP contribution >= 0.6 is 0 Å². The fourth-order valence-electron chi connectivity index (χ4n) is 2.84. The van der Waals surface area contributed by atoms with E-state index in [0.717, 1.165) is 36.9 Å². The lowest BCUT2D eigenvalue weighted by Gasteiger charge is -2.38. The van der Waals surface area contributed by atoms with Crippen molar-refractivity contribution < 1.29 is 9.90 Å². The van der Waals surface area contributed by atoms with Gasteiger partial charge in [-0.1, -0.05) is 36.2 Å². The summed E-state index contributed by atoms with van der Waals surface area (Å²) in [6, 6.07) is 7.72. The van der Waals surface area contributed by atoms with Crippen LogP contribution < -0.4 is 0 Å². The van der Waals surface area contributed by atoms with Crippen LogP contribution in [0.15, 0.2) is 24.3 Å². The Balaban J connectivity index is 2.11. The number of nitrogens with zero attached hydrogens (tertiary/aromatic N) is 1. The maximum absolute atomic E-state index is 12.5. The van der Waals surface area contributed by atoms with Crippen LogP contribution in [-0.2, 0) is 0 Å². The molecule has 2 atom stereocenters. The molecule has 0 spiro atoms. The third kappa shape index (κ3) is 3.23. The number of rotatable bonds is 4. The molecule has 1 fully saturated rings. The first-order chi connectivity index (χ1) is 9.13. The molecule has 3 nitrogen and oxygen atoms in total. The minimum atomic E-state index is -0.153. The molecule has 2 unspecified atom stereocenters. The van der Waals surface area contributed by atoms with Crippen molar-refractivity contribution in [3.8, 4) is 0 Å². The summed E-state index contributed by atoms with van der Waals surface area (Å²) in [6.45, 7) is 5.02. The Labute approximate surface area is 115 Å². The van der Waals surface area contributed by atoms with Crippen molar-refractivity contribution in [2.45, 2.75) is 45.2 Å². The van der Waals surface area contributed by atoms with E-state index >= 15 is 0 Å². The molecule has 1 aromatic carbocycles. The lowest BCUT2D eigenvalue weighted by atomic mass is 9.96. The first kappa shape index (κ1) is 14.2. The van der Waals surface area contributed by atoms with Gasteiger partial charge >= 0.3 is 0 Å². The van der Waals surface area contributed by atoms with Gasteiger partial charge < -0.3 is 5.11 Å². The summed E-state index contributed by atoms with van der Waals surface area (Å²) in [5, 5.41) is 9.45. The summed E-state index contributed by atoms with van der Waals surface area (Å²) in [6.07, 6.45) is 3.25. The van der Waals surface area contributed by atoms with Crippen LogP contribution in [0.1, 0.15) is 42.1 Å². The standard InChI is InChI=1S/C16H23NO2/c1-12-6-8-14(9-7-12)16(19)13(2)17-10-4-3-5-15(17)11-18/h6-9,13,15,18H,3-5,10-11H2,1-2H3. The van der Waals surface area contributed by atoms with Gasteiger partial charge in [-0.25, -0.2) is 0 Å². The zero-order valence-electron chi connectivity index (χ0n) is 11.8. The normalized spacial score (nSPS) is 22.2. The second kappa shape index (κ2) is 6.31. The predicted molar refractivity (Wildman–Crippen MR) is 76.4 cm³/mol. The molecule has 0 aromatic heterocycles. The molecule has 104 valence electrons. The molecule has 1 saturated heterocycles. The van der Waals surface area contributed by atoms with E-state index in [1.807, 2.05) is 38.1 Å². The zero-order chi connectivity index (χ0) is 13.8. The van der Waals surface area contributed by atoms with Gasteiger partial charge in [0.2, 0.25) is 0 Å². The lowest BCUT2D eigenvalue weighted by Crippen LogP contribution is -2.49. The van der Waals surface area contributed by atoms with Gasteiger partial charge in [0.15, 0.2) is 5.78 Å². The molecule has 0 saturated carbocycles. The van der Waals surface area contributed by atoms with Gasteiger partial charge in [-0.05, 0) is 33.2 Å². The summed E-state index contributed by atoms with van der Waals surface area (Å²) >= 11 is 0. The average molecular weight is 261 g/mol. The Morgan fingerprint density at radius 3 is 2.68 bits per heavy atom. The number of piperidine rings is 1. The van der Waals surface area contributed by atoms with E-state index in [0.29, 0.717) is 0 Å². The Bertz CT molecular complexity index is 427. The SMILES string of the molecule is Cc1ccc(C(=O)C(C)N2CCCCC2CO)cc1. The van der Waals surface area contributed by atoms with Crippen LogP contribution in [0.4, 0.5) is 0 Å². The van der Waals surface area contributed by atoms with Crippen molar-refractivity contribution in [2.24, 2.45) is 0 Å². The van der Waals surface area contributed by atoms with Gasteiger partial charge in [0.05, 0.1) is 12.6 Å². The molecule has 2 rings (SSSR count). The number of benzene rings is 1. The van der Waals surface area contributed by atoms with E-state index in [1.165, 1.54) is 0 Å². The summed E-state index contributed by atoms with van der Waals surface area (Å²) in [5.41, 5.74) is 1.93. The van der Waals surface area contributed by atoms with Crippen LogP contribution in [0.3, 0.4) is 0 Å². The fourth-order valence-corrected chi connectivity index (χ4v) is 2.84. The lowest BCUT2D eigenvalue weighted by molar-refractivity contribution is 0.0491. The molecule has 0 amide bonds. The van der Waals surface area contributed by atoms with Gasteiger partial charge in [-0.15, -0.1) is 0 Å². The number of aliphatic hydroxyl groups is 1. The molecule has 1 aliphatic rings. The van der Waals surface area contributed by atoms with Crippen molar-refractivity contribution in [1.29, 1.82) is 0 Å². The Hall–Kier alpha value is -1.19. The van der Waals surface area contributed by atoms with Gasteiger partial charge in [0.1, 0.15) is 0 Å². The molecular formula is C16H23NO2. The summed E-state index contributed by atoms with van der Waals surface area (Å²) in [5.74, 6) is 0.153. The van der Waals surface area contributed by atoms with E-state index in [4.69, 9.17) is 0 Å². The molecule has 3 heteroatoms. The largest absolute Gasteiger partial charge is 0.395 e.